The highest BCUT2D eigenvalue weighted by Gasteiger charge is 2.31. The van der Waals surface area contributed by atoms with E-state index in [1.165, 1.54) is 27.0 Å². The molecule has 202 valence electrons. The van der Waals surface area contributed by atoms with Crippen molar-refractivity contribution >= 4 is 34.0 Å². The molecule has 1 atom stereocenters. The summed E-state index contributed by atoms with van der Waals surface area (Å²) in [5.41, 5.74) is 4.27. The molecule has 38 heavy (non-hydrogen) atoms. The Hall–Kier alpha value is -3.45. The Kier molecular flexibility index (Phi) is 8.07. The first-order valence-corrected chi connectivity index (χ1v) is 12.6. The third kappa shape index (κ3) is 5.83. The summed E-state index contributed by atoms with van der Waals surface area (Å²) in [5.74, 6) is -2.78. The molecule has 1 amide bonds. The minimum absolute atomic E-state index is 0.0141. The lowest BCUT2D eigenvalue weighted by molar-refractivity contribution is -0.149. The fourth-order valence-corrected chi connectivity index (χ4v) is 5.26. The second-order valence-electron chi connectivity index (χ2n) is 9.24. The number of hydrogen-bond donors (Lipinski definition) is 3. The number of nitrogens with one attached hydrogen (secondary N) is 1. The van der Waals surface area contributed by atoms with Crippen LogP contribution in [0, 0.1) is 11.6 Å². The summed E-state index contributed by atoms with van der Waals surface area (Å²) >= 11 is 0.918. The summed E-state index contributed by atoms with van der Waals surface area (Å²) in [5, 5.41) is 13.4. The standard InChI is InChI=1S/C26H28F2N4O5S/c1-26(2,35)14-11-16(27)21(17(28)12-14)19-13-15(23(29)33)24(38-19)31-20-6-4-5-18(30-20)22(25(34)36-3)32-7-9-37-10-8-32/h4-6,11-13,22,35H,7-10H2,1-3H3,(H2,29,33)(H,30,31). The van der Waals surface area contributed by atoms with Crippen molar-refractivity contribution < 1.29 is 33.0 Å². The lowest BCUT2D eigenvalue weighted by Crippen LogP contribution is -2.42. The van der Waals surface area contributed by atoms with E-state index in [-0.39, 0.29) is 26.6 Å². The van der Waals surface area contributed by atoms with Gasteiger partial charge in [-0.2, -0.15) is 0 Å². The van der Waals surface area contributed by atoms with Crippen molar-refractivity contribution in [2.45, 2.75) is 25.5 Å². The molecule has 12 heteroatoms. The minimum Gasteiger partial charge on any atom is -0.468 e. The van der Waals surface area contributed by atoms with Crippen molar-refractivity contribution in [3.05, 3.63) is 64.9 Å². The predicted octanol–water partition coefficient (Wildman–Crippen LogP) is 3.70. The van der Waals surface area contributed by atoms with Crippen molar-refractivity contribution in [2.75, 3.05) is 38.7 Å². The van der Waals surface area contributed by atoms with Gasteiger partial charge in [-0.25, -0.2) is 18.6 Å². The SMILES string of the molecule is COC(=O)C(c1cccc(Nc2sc(-c3c(F)cc(C(C)(C)O)cc3F)cc2C(N)=O)n1)N1CCOCC1. The van der Waals surface area contributed by atoms with Crippen molar-refractivity contribution in [3.63, 3.8) is 0 Å². The molecule has 0 spiro atoms. The van der Waals surface area contributed by atoms with Crippen LogP contribution in [-0.4, -0.2) is 60.3 Å². The number of carbonyl (C=O) groups excluding carboxylic acids is 2. The smallest absolute Gasteiger partial charge is 0.329 e. The van der Waals surface area contributed by atoms with Gasteiger partial charge in [-0.05, 0) is 49.7 Å². The van der Waals surface area contributed by atoms with Crippen LogP contribution < -0.4 is 11.1 Å². The Labute approximate surface area is 222 Å². The fourth-order valence-electron chi connectivity index (χ4n) is 4.15. The summed E-state index contributed by atoms with van der Waals surface area (Å²) in [6.45, 7) is 4.81. The molecule has 1 aromatic carbocycles. The van der Waals surface area contributed by atoms with E-state index >= 15 is 0 Å². The normalized spacial score (nSPS) is 15.2. The number of benzene rings is 1. The summed E-state index contributed by atoms with van der Waals surface area (Å²) in [7, 11) is 1.30. The molecule has 4 N–H and O–H groups in total. The molecule has 9 nitrogen and oxygen atoms in total. The third-order valence-electron chi connectivity index (χ3n) is 6.12. The van der Waals surface area contributed by atoms with E-state index < -0.39 is 35.2 Å². The van der Waals surface area contributed by atoms with Gasteiger partial charge in [-0.15, -0.1) is 11.3 Å². The molecule has 3 heterocycles. The topological polar surface area (TPSA) is 127 Å². The predicted molar refractivity (Wildman–Crippen MR) is 138 cm³/mol. The quantitative estimate of drug-likeness (QED) is 0.365. The van der Waals surface area contributed by atoms with Gasteiger partial charge >= 0.3 is 5.97 Å². The number of anilines is 2. The number of carbonyl (C=O) groups is 2. The molecular formula is C26H28F2N4O5S. The van der Waals surface area contributed by atoms with E-state index in [4.69, 9.17) is 15.2 Å². The zero-order valence-electron chi connectivity index (χ0n) is 21.1. The third-order valence-corrected chi connectivity index (χ3v) is 7.19. The molecule has 0 aliphatic carbocycles. The van der Waals surface area contributed by atoms with Crippen LogP contribution in [-0.2, 0) is 19.9 Å². The Morgan fingerprint density at radius 2 is 1.87 bits per heavy atom. The Morgan fingerprint density at radius 3 is 2.45 bits per heavy atom. The van der Waals surface area contributed by atoms with E-state index in [0.29, 0.717) is 37.8 Å². The van der Waals surface area contributed by atoms with E-state index in [0.717, 1.165) is 23.5 Å². The Balaban J connectivity index is 1.69. The Bertz CT molecular complexity index is 1330. The fraction of sp³-hybridized carbons (Fsp3) is 0.346. The zero-order chi connectivity index (χ0) is 27.6. The van der Waals surface area contributed by atoms with Gasteiger partial charge in [0, 0.05) is 18.0 Å². The zero-order valence-corrected chi connectivity index (χ0v) is 21.9. The number of halogens is 2. The number of pyridine rings is 1. The van der Waals surface area contributed by atoms with E-state index in [1.54, 1.807) is 18.2 Å². The van der Waals surface area contributed by atoms with Gasteiger partial charge in [0.05, 0.1) is 42.7 Å². The maximum Gasteiger partial charge on any atom is 0.329 e. The molecule has 3 aromatic rings. The Morgan fingerprint density at radius 1 is 1.21 bits per heavy atom. The molecular weight excluding hydrogens is 518 g/mol. The van der Waals surface area contributed by atoms with Crippen LogP contribution >= 0.6 is 11.3 Å². The molecule has 1 aliphatic heterocycles. The maximum absolute atomic E-state index is 15.0. The van der Waals surface area contributed by atoms with Gasteiger partial charge in [0.25, 0.3) is 5.91 Å². The molecule has 2 aromatic heterocycles. The molecule has 0 saturated carbocycles. The number of methoxy groups -OCH3 is 1. The van der Waals surface area contributed by atoms with Gasteiger partial charge in [0.1, 0.15) is 22.5 Å². The second-order valence-corrected chi connectivity index (χ2v) is 10.3. The largest absolute Gasteiger partial charge is 0.468 e. The van der Waals surface area contributed by atoms with Crippen molar-refractivity contribution in [2.24, 2.45) is 5.73 Å². The number of rotatable bonds is 8. The number of thiophene rings is 1. The number of ether oxygens (including phenoxy) is 2. The molecule has 1 saturated heterocycles. The van der Waals surface area contributed by atoms with Crippen LogP contribution in [0.5, 0.6) is 0 Å². The lowest BCUT2D eigenvalue weighted by atomic mass is 9.96. The van der Waals surface area contributed by atoms with Gasteiger partial charge in [-0.1, -0.05) is 6.07 Å². The number of amides is 1. The number of hydrogen-bond acceptors (Lipinski definition) is 9. The monoisotopic (exact) mass is 546 g/mol. The lowest BCUT2D eigenvalue weighted by Gasteiger charge is -2.32. The summed E-state index contributed by atoms with van der Waals surface area (Å²) in [6.07, 6.45) is 0. The van der Waals surface area contributed by atoms with E-state index in [2.05, 4.69) is 10.3 Å². The highest BCUT2D eigenvalue weighted by molar-refractivity contribution is 7.20. The number of nitrogens with two attached hydrogens (primary N) is 1. The first-order valence-electron chi connectivity index (χ1n) is 11.8. The van der Waals surface area contributed by atoms with E-state index in [9.17, 15) is 23.5 Å². The van der Waals surface area contributed by atoms with Crippen LogP contribution in [0.15, 0.2) is 36.4 Å². The van der Waals surface area contributed by atoms with Gasteiger partial charge in [0.2, 0.25) is 0 Å². The van der Waals surface area contributed by atoms with Crippen LogP contribution in [0.25, 0.3) is 10.4 Å². The molecule has 4 rings (SSSR count). The molecule has 1 aliphatic rings. The van der Waals surface area contributed by atoms with Gasteiger partial charge in [0.15, 0.2) is 6.04 Å². The van der Waals surface area contributed by atoms with Crippen molar-refractivity contribution in [1.29, 1.82) is 0 Å². The van der Waals surface area contributed by atoms with Crippen LogP contribution in [0.4, 0.5) is 19.6 Å². The van der Waals surface area contributed by atoms with E-state index in [1.807, 2.05) is 4.90 Å². The average Bonchev–Trinajstić information content (AvgIpc) is 3.27. The van der Waals surface area contributed by atoms with Crippen molar-refractivity contribution in [1.82, 2.24) is 9.88 Å². The summed E-state index contributed by atoms with van der Waals surface area (Å²) in [4.78, 5) is 31.4. The highest BCUT2D eigenvalue weighted by atomic mass is 32.1. The first-order chi connectivity index (χ1) is 18.0. The first kappa shape index (κ1) is 27.6. The molecule has 0 bridgehead atoms. The van der Waals surface area contributed by atoms with Gasteiger partial charge in [-0.3, -0.25) is 9.69 Å². The molecule has 1 fully saturated rings. The number of aliphatic hydroxyl groups is 1. The highest BCUT2D eigenvalue weighted by Crippen LogP contribution is 2.40. The number of morpholine rings is 1. The molecule has 1 unspecified atom stereocenters. The number of aromatic nitrogens is 1. The van der Waals surface area contributed by atoms with Crippen molar-refractivity contribution in [3.8, 4) is 10.4 Å². The van der Waals surface area contributed by atoms with Crippen LogP contribution in [0.1, 0.15) is 41.5 Å². The van der Waals surface area contributed by atoms with Gasteiger partial charge < -0.3 is 25.6 Å². The summed E-state index contributed by atoms with van der Waals surface area (Å²) < 4.78 is 40.3. The maximum atomic E-state index is 15.0. The second kappa shape index (κ2) is 11.1. The number of esters is 1. The summed E-state index contributed by atoms with van der Waals surface area (Å²) in [6, 6.07) is 7.64. The van der Waals surface area contributed by atoms with Crippen LogP contribution in [0.3, 0.4) is 0 Å². The molecule has 0 radical (unpaired) electrons. The number of nitrogens with zero attached hydrogens (tertiary/aromatic N) is 2. The minimum atomic E-state index is -1.44. The van der Waals surface area contributed by atoms with Crippen LogP contribution in [0.2, 0.25) is 0 Å². The number of primary amides is 1. The average molecular weight is 547 g/mol.